The van der Waals surface area contributed by atoms with Gasteiger partial charge in [0.25, 0.3) is 0 Å². The zero-order valence-corrected chi connectivity index (χ0v) is 14.7. The molecule has 0 heterocycles. The number of nitrogens with one attached hydrogen (secondary N) is 1. The lowest BCUT2D eigenvalue weighted by Gasteiger charge is -2.09. The normalized spacial score (nSPS) is 11.3. The lowest BCUT2D eigenvalue weighted by molar-refractivity contribution is -0.113. The molecule has 0 aliphatic carbocycles. The average Bonchev–Trinajstić information content (AvgIpc) is 2.41. The first-order valence-electron chi connectivity index (χ1n) is 6.76. The molecule has 0 spiro atoms. The van der Waals surface area contributed by atoms with E-state index in [2.05, 4.69) is 5.32 Å². The van der Waals surface area contributed by atoms with Gasteiger partial charge < -0.3 is 5.32 Å². The van der Waals surface area contributed by atoms with E-state index >= 15 is 0 Å². The van der Waals surface area contributed by atoms with Gasteiger partial charge in [-0.25, -0.2) is 8.42 Å². The van der Waals surface area contributed by atoms with Crippen molar-refractivity contribution >= 4 is 44.6 Å². The van der Waals surface area contributed by atoms with E-state index in [4.69, 9.17) is 23.2 Å². The minimum atomic E-state index is -3.58. The number of benzene rings is 2. The first kappa shape index (κ1) is 17.8. The van der Waals surface area contributed by atoms with Gasteiger partial charge in [0.2, 0.25) is 5.91 Å². The van der Waals surface area contributed by atoms with Crippen LogP contribution in [0.3, 0.4) is 0 Å². The highest BCUT2D eigenvalue weighted by Gasteiger charge is 2.18. The van der Waals surface area contributed by atoms with Crippen molar-refractivity contribution in [2.24, 2.45) is 0 Å². The molecule has 1 N–H and O–H groups in total. The van der Waals surface area contributed by atoms with E-state index in [9.17, 15) is 13.2 Å². The van der Waals surface area contributed by atoms with E-state index in [-0.39, 0.29) is 11.4 Å². The van der Waals surface area contributed by atoms with Crippen molar-refractivity contribution in [1.82, 2.24) is 0 Å². The Labute approximate surface area is 145 Å². The number of rotatable bonds is 5. The summed E-state index contributed by atoms with van der Waals surface area (Å²) in [4.78, 5) is 12.0. The summed E-state index contributed by atoms with van der Waals surface area (Å²) in [6.45, 7) is 1.88. The van der Waals surface area contributed by atoms with Crippen LogP contribution in [-0.2, 0) is 20.4 Å². The summed E-state index contributed by atoms with van der Waals surface area (Å²) in [5, 5.41) is 3.16. The number of amides is 1. The summed E-state index contributed by atoms with van der Waals surface area (Å²) < 4.78 is 24.3. The van der Waals surface area contributed by atoms with Crippen molar-refractivity contribution in [1.29, 1.82) is 0 Å². The Hall–Kier alpha value is -1.56. The van der Waals surface area contributed by atoms with Crippen LogP contribution in [0.5, 0.6) is 0 Å². The third kappa shape index (κ3) is 5.53. The quantitative estimate of drug-likeness (QED) is 0.867. The molecule has 23 heavy (non-hydrogen) atoms. The zero-order chi connectivity index (χ0) is 17.0. The van der Waals surface area contributed by atoms with E-state index in [1.807, 2.05) is 13.0 Å². The maximum Gasteiger partial charge on any atom is 0.239 e. The van der Waals surface area contributed by atoms with Crippen molar-refractivity contribution in [3.63, 3.8) is 0 Å². The second-order valence-corrected chi connectivity index (χ2v) is 8.10. The molecule has 122 valence electrons. The van der Waals surface area contributed by atoms with Crippen molar-refractivity contribution in [3.05, 3.63) is 63.6 Å². The fourth-order valence-corrected chi connectivity index (χ4v) is 3.68. The highest BCUT2D eigenvalue weighted by atomic mass is 35.5. The molecule has 4 nitrogen and oxygen atoms in total. The Bertz CT molecular complexity index is 835. The fourth-order valence-electron chi connectivity index (χ4n) is 2.09. The number of halogens is 2. The second kappa shape index (κ2) is 7.34. The van der Waals surface area contributed by atoms with Gasteiger partial charge in [-0.1, -0.05) is 53.0 Å². The zero-order valence-electron chi connectivity index (χ0n) is 12.3. The van der Waals surface area contributed by atoms with Gasteiger partial charge in [-0.3, -0.25) is 4.79 Å². The lowest BCUT2D eigenvalue weighted by atomic mass is 10.2. The highest BCUT2D eigenvalue weighted by molar-refractivity contribution is 7.91. The third-order valence-electron chi connectivity index (χ3n) is 3.02. The molecule has 0 saturated carbocycles. The molecule has 1 amide bonds. The molecule has 0 bridgehead atoms. The average molecular weight is 372 g/mol. The first-order valence-corrected chi connectivity index (χ1v) is 9.34. The van der Waals surface area contributed by atoms with E-state index in [0.717, 1.165) is 5.56 Å². The van der Waals surface area contributed by atoms with Crippen LogP contribution in [-0.4, -0.2) is 20.1 Å². The number of sulfone groups is 1. The van der Waals surface area contributed by atoms with E-state index in [1.54, 1.807) is 24.3 Å². The van der Waals surface area contributed by atoms with Crippen molar-refractivity contribution in [2.75, 3.05) is 11.1 Å². The maximum atomic E-state index is 12.1. The van der Waals surface area contributed by atoms with E-state index in [1.165, 1.54) is 12.1 Å². The van der Waals surface area contributed by atoms with Crippen LogP contribution < -0.4 is 5.32 Å². The number of hydrogen-bond donors (Lipinski definition) is 1. The maximum absolute atomic E-state index is 12.1. The standard InChI is InChI=1S/C16H15Cl2NO3S/c1-11-3-2-4-12(7-11)9-23(21,22)10-16(20)19-15-8-13(17)5-6-14(15)18/h2-8H,9-10H2,1H3,(H,19,20). The molecule has 0 radical (unpaired) electrons. The molecule has 0 unspecified atom stereocenters. The van der Waals surface area contributed by atoms with Crippen LogP contribution in [0.2, 0.25) is 10.0 Å². The summed E-state index contributed by atoms with van der Waals surface area (Å²) in [5.41, 5.74) is 1.90. The van der Waals surface area contributed by atoms with Gasteiger partial charge in [-0.05, 0) is 30.7 Å². The Balaban J connectivity index is 2.05. The molecule has 2 aromatic carbocycles. The molecule has 2 aromatic rings. The summed E-state index contributed by atoms with van der Waals surface area (Å²) in [7, 11) is -3.58. The van der Waals surface area contributed by atoms with Gasteiger partial charge in [-0.15, -0.1) is 0 Å². The van der Waals surface area contributed by atoms with Crippen molar-refractivity contribution in [3.8, 4) is 0 Å². The Kier molecular flexibility index (Phi) is 5.68. The van der Waals surface area contributed by atoms with Crippen LogP contribution in [0.25, 0.3) is 0 Å². The summed E-state index contributed by atoms with van der Waals surface area (Å²) in [6.07, 6.45) is 0. The highest BCUT2D eigenvalue weighted by Crippen LogP contribution is 2.25. The van der Waals surface area contributed by atoms with Crippen LogP contribution in [0.15, 0.2) is 42.5 Å². The predicted molar refractivity (Wildman–Crippen MR) is 93.8 cm³/mol. The number of aryl methyl sites for hydroxylation is 1. The molecule has 0 aliphatic heterocycles. The van der Waals surface area contributed by atoms with Crippen molar-refractivity contribution < 1.29 is 13.2 Å². The van der Waals surface area contributed by atoms with Gasteiger partial charge in [-0.2, -0.15) is 0 Å². The molecule has 2 rings (SSSR count). The Morgan fingerprint density at radius 2 is 1.87 bits per heavy atom. The van der Waals surface area contributed by atoms with Crippen molar-refractivity contribution in [2.45, 2.75) is 12.7 Å². The number of carbonyl (C=O) groups is 1. The van der Waals surface area contributed by atoms with Gasteiger partial charge in [0.15, 0.2) is 9.84 Å². The van der Waals surface area contributed by atoms with Crippen LogP contribution >= 0.6 is 23.2 Å². The van der Waals surface area contributed by atoms with Crippen LogP contribution in [0.4, 0.5) is 5.69 Å². The van der Waals surface area contributed by atoms with Gasteiger partial charge >= 0.3 is 0 Å². The minimum Gasteiger partial charge on any atom is -0.324 e. The summed E-state index contributed by atoms with van der Waals surface area (Å²) in [6, 6.07) is 11.7. The van der Waals surface area contributed by atoms with Gasteiger partial charge in [0.05, 0.1) is 16.5 Å². The molecular weight excluding hydrogens is 357 g/mol. The molecule has 7 heteroatoms. The molecule has 0 atom stereocenters. The predicted octanol–water partition coefficient (Wildman–Crippen LogP) is 3.86. The molecular formula is C16H15Cl2NO3S. The number of anilines is 1. The molecule has 0 saturated heterocycles. The molecule has 0 fully saturated rings. The summed E-state index contributed by atoms with van der Waals surface area (Å²) >= 11 is 11.8. The molecule has 0 aliphatic rings. The smallest absolute Gasteiger partial charge is 0.239 e. The second-order valence-electron chi connectivity index (χ2n) is 5.19. The minimum absolute atomic E-state index is 0.189. The lowest BCUT2D eigenvalue weighted by Crippen LogP contribution is -2.24. The fraction of sp³-hybridized carbons (Fsp3) is 0.188. The van der Waals surface area contributed by atoms with Gasteiger partial charge in [0.1, 0.15) is 5.75 Å². The summed E-state index contributed by atoms with van der Waals surface area (Å²) in [5.74, 6) is -1.46. The van der Waals surface area contributed by atoms with Crippen LogP contribution in [0.1, 0.15) is 11.1 Å². The van der Waals surface area contributed by atoms with Crippen LogP contribution in [0, 0.1) is 6.92 Å². The van der Waals surface area contributed by atoms with E-state index < -0.39 is 21.5 Å². The number of carbonyl (C=O) groups excluding carboxylic acids is 1. The Morgan fingerprint density at radius 3 is 2.57 bits per heavy atom. The Morgan fingerprint density at radius 1 is 1.13 bits per heavy atom. The largest absolute Gasteiger partial charge is 0.324 e. The molecule has 0 aromatic heterocycles. The third-order valence-corrected chi connectivity index (χ3v) is 5.06. The topological polar surface area (TPSA) is 63.2 Å². The monoisotopic (exact) mass is 371 g/mol. The first-order chi connectivity index (χ1) is 10.7. The van der Waals surface area contributed by atoms with E-state index in [0.29, 0.717) is 15.6 Å². The number of hydrogen-bond acceptors (Lipinski definition) is 3. The SMILES string of the molecule is Cc1cccc(CS(=O)(=O)CC(=O)Nc2cc(Cl)ccc2Cl)c1. The van der Waals surface area contributed by atoms with Gasteiger partial charge in [0, 0.05) is 5.02 Å².